The Morgan fingerprint density at radius 1 is 1.44 bits per heavy atom. The summed E-state index contributed by atoms with van der Waals surface area (Å²) in [5.74, 6) is 0.611. The molecule has 0 spiro atoms. The molecule has 0 atom stereocenters. The first kappa shape index (κ1) is 11.1. The van der Waals surface area contributed by atoms with Crippen LogP contribution in [0, 0.1) is 0 Å². The van der Waals surface area contributed by atoms with Crippen molar-refractivity contribution >= 4 is 27.5 Å². The summed E-state index contributed by atoms with van der Waals surface area (Å²) in [4.78, 5) is 4.31. The summed E-state index contributed by atoms with van der Waals surface area (Å²) >= 11 is 3.38. The summed E-state index contributed by atoms with van der Waals surface area (Å²) in [5.41, 5.74) is 6.14. The molecular weight excluding hydrogens is 270 g/mol. The van der Waals surface area contributed by atoms with Gasteiger partial charge < -0.3 is 11.1 Å². The first-order chi connectivity index (χ1) is 7.79. The molecule has 0 aliphatic rings. The van der Waals surface area contributed by atoms with Crippen molar-refractivity contribution in [3.05, 3.63) is 35.0 Å². The van der Waals surface area contributed by atoms with Gasteiger partial charge in [0.1, 0.15) is 0 Å². The lowest BCUT2D eigenvalue weighted by molar-refractivity contribution is 0.954. The van der Waals surface area contributed by atoms with Crippen LogP contribution >= 0.6 is 15.9 Å². The molecule has 0 radical (unpaired) electrons. The Kier molecular flexibility index (Phi) is 3.53. The molecule has 6 heteroatoms. The fourth-order valence-corrected chi connectivity index (χ4v) is 1.59. The van der Waals surface area contributed by atoms with E-state index in [4.69, 9.17) is 5.73 Å². The van der Waals surface area contributed by atoms with Crippen LogP contribution in [0.25, 0.3) is 5.65 Å². The van der Waals surface area contributed by atoms with Crippen LogP contribution in [0.5, 0.6) is 0 Å². The molecule has 0 aliphatic heterocycles. The van der Waals surface area contributed by atoms with Gasteiger partial charge in [-0.3, -0.25) is 0 Å². The number of nitrogens with one attached hydrogen (secondary N) is 1. The van der Waals surface area contributed by atoms with Crippen molar-refractivity contribution in [2.75, 3.05) is 18.4 Å². The van der Waals surface area contributed by atoms with Crippen LogP contribution in [-0.2, 0) is 0 Å². The van der Waals surface area contributed by atoms with E-state index in [2.05, 4.69) is 31.3 Å². The zero-order valence-corrected chi connectivity index (χ0v) is 10.2. The van der Waals surface area contributed by atoms with Gasteiger partial charge in [-0.15, -0.1) is 5.10 Å². The van der Waals surface area contributed by atoms with Crippen molar-refractivity contribution in [2.24, 2.45) is 5.73 Å². The monoisotopic (exact) mass is 281 g/mol. The summed E-state index contributed by atoms with van der Waals surface area (Å²) in [7, 11) is 0. The third-order valence-corrected chi connectivity index (χ3v) is 2.44. The number of nitrogens with two attached hydrogens (primary N) is 1. The third kappa shape index (κ3) is 2.59. The van der Waals surface area contributed by atoms with Gasteiger partial charge in [0.15, 0.2) is 5.65 Å². The van der Waals surface area contributed by atoms with E-state index in [1.807, 2.05) is 30.5 Å². The van der Waals surface area contributed by atoms with Crippen molar-refractivity contribution < 1.29 is 0 Å². The Labute approximate surface area is 101 Å². The highest BCUT2D eigenvalue weighted by atomic mass is 79.9. The lowest BCUT2D eigenvalue weighted by atomic mass is 10.5. The maximum Gasteiger partial charge on any atom is 0.243 e. The minimum atomic E-state index is 0.549. The maximum atomic E-state index is 5.33. The molecule has 2 rings (SSSR count). The van der Waals surface area contributed by atoms with E-state index >= 15 is 0 Å². The highest BCUT2D eigenvalue weighted by Gasteiger charge is 2.01. The summed E-state index contributed by atoms with van der Waals surface area (Å²) in [6, 6.07) is 3.83. The zero-order valence-electron chi connectivity index (χ0n) is 8.60. The largest absolute Gasteiger partial charge is 0.349 e. The number of nitrogens with zero attached hydrogens (tertiary/aromatic N) is 3. The van der Waals surface area contributed by atoms with E-state index in [0.29, 0.717) is 19.0 Å². The number of anilines is 1. The molecule has 0 saturated heterocycles. The van der Waals surface area contributed by atoms with Gasteiger partial charge in [0.05, 0.1) is 0 Å². The molecule has 0 aromatic carbocycles. The predicted octanol–water partition coefficient (Wildman–Crippen LogP) is 1.42. The van der Waals surface area contributed by atoms with E-state index in [0.717, 1.165) is 10.1 Å². The van der Waals surface area contributed by atoms with Crippen molar-refractivity contribution in [3.8, 4) is 0 Å². The number of aromatic nitrogens is 3. The normalized spacial score (nSPS) is 11.4. The van der Waals surface area contributed by atoms with Crippen LogP contribution in [0.1, 0.15) is 0 Å². The van der Waals surface area contributed by atoms with Crippen molar-refractivity contribution in [2.45, 2.75) is 0 Å². The molecule has 16 heavy (non-hydrogen) atoms. The Hall–Kier alpha value is -1.40. The molecule has 0 aliphatic carbocycles. The lowest BCUT2D eigenvalue weighted by Gasteiger charge is -1.93. The van der Waals surface area contributed by atoms with Crippen LogP contribution in [0.15, 0.2) is 35.0 Å². The highest BCUT2D eigenvalue weighted by molar-refractivity contribution is 9.10. The zero-order chi connectivity index (χ0) is 11.4. The Balaban J connectivity index is 2.11. The van der Waals surface area contributed by atoms with Crippen LogP contribution in [-0.4, -0.2) is 27.7 Å². The molecular formula is C10H12BrN5. The number of pyridine rings is 1. The van der Waals surface area contributed by atoms with Gasteiger partial charge in [-0.05, 0) is 28.1 Å². The maximum absolute atomic E-state index is 5.33. The van der Waals surface area contributed by atoms with Gasteiger partial charge in [-0.25, -0.2) is 4.52 Å². The summed E-state index contributed by atoms with van der Waals surface area (Å²) in [6.45, 7) is 1.22. The van der Waals surface area contributed by atoms with E-state index < -0.39 is 0 Å². The minimum Gasteiger partial charge on any atom is -0.349 e. The summed E-state index contributed by atoms with van der Waals surface area (Å²) < 4.78 is 2.69. The van der Waals surface area contributed by atoms with Crippen LogP contribution in [0.3, 0.4) is 0 Å². The standard InChI is InChI=1S/C10H12BrN5/c11-8-3-4-9-14-10(15-16(9)7-8)13-6-2-1-5-12/h1-4,7H,5-6,12H2,(H,13,15)/b2-1+. The Bertz CT molecular complexity index is 505. The molecule has 0 fully saturated rings. The molecule has 2 aromatic heterocycles. The van der Waals surface area contributed by atoms with Crippen LogP contribution < -0.4 is 11.1 Å². The second-order valence-corrected chi connectivity index (χ2v) is 4.09. The second kappa shape index (κ2) is 5.09. The van der Waals surface area contributed by atoms with Crippen LogP contribution in [0.2, 0.25) is 0 Å². The molecule has 0 saturated carbocycles. The van der Waals surface area contributed by atoms with Gasteiger partial charge in [0.25, 0.3) is 0 Å². The molecule has 5 nitrogen and oxygen atoms in total. The van der Waals surface area contributed by atoms with Crippen LogP contribution in [0.4, 0.5) is 5.95 Å². The van der Waals surface area contributed by atoms with Gasteiger partial charge in [-0.1, -0.05) is 12.2 Å². The number of halogens is 1. The molecule has 0 amide bonds. The molecule has 0 unspecified atom stereocenters. The summed E-state index contributed by atoms with van der Waals surface area (Å²) in [6.07, 6.45) is 5.70. The number of hydrogen-bond donors (Lipinski definition) is 2. The molecule has 84 valence electrons. The second-order valence-electron chi connectivity index (χ2n) is 3.17. The first-order valence-corrected chi connectivity index (χ1v) is 5.70. The fraction of sp³-hybridized carbons (Fsp3) is 0.200. The predicted molar refractivity (Wildman–Crippen MR) is 67.4 cm³/mol. The smallest absolute Gasteiger partial charge is 0.243 e. The van der Waals surface area contributed by atoms with Crippen molar-refractivity contribution in [1.82, 2.24) is 14.6 Å². The number of fused-ring (bicyclic) bond motifs is 1. The SMILES string of the molecule is NC/C=C/CNc1nc2ccc(Br)cn2n1. The first-order valence-electron chi connectivity index (χ1n) is 4.90. The average molecular weight is 282 g/mol. The van der Waals surface area contributed by atoms with Gasteiger partial charge >= 0.3 is 0 Å². The van der Waals surface area contributed by atoms with Crippen molar-refractivity contribution in [3.63, 3.8) is 0 Å². The van der Waals surface area contributed by atoms with Gasteiger partial charge in [0.2, 0.25) is 5.95 Å². The topological polar surface area (TPSA) is 68.2 Å². The lowest BCUT2D eigenvalue weighted by Crippen LogP contribution is -2.01. The molecule has 2 aromatic rings. The summed E-state index contributed by atoms with van der Waals surface area (Å²) in [5, 5.41) is 7.36. The van der Waals surface area contributed by atoms with Crippen molar-refractivity contribution in [1.29, 1.82) is 0 Å². The Morgan fingerprint density at radius 2 is 2.31 bits per heavy atom. The molecule has 0 bridgehead atoms. The minimum absolute atomic E-state index is 0.549. The Morgan fingerprint density at radius 3 is 3.12 bits per heavy atom. The molecule has 3 N–H and O–H groups in total. The van der Waals surface area contributed by atoms with Gasteiger partial charge in [-0.2, -0.15) is 4.98 Å². The fourth-order valence-electron chi connectivity index (χ4n) is 1.26. The highest BCUT2D eigenvalue weighted by Crippen LogP contribution is 2.11. The number of hydrogen-bond acceptors (Lipinski definition) is 4. The average Bonchev–Trinajstić information content (AvgIpc) is 2.66. The number of rotatable bonds is 4. The van der Waals surface area contributed by atoms with E-state index in [1.54, 1.807) is 4.52 Å². The van der Waals surface area contributed by atoms with E-state index in [1.165, 1.54) is 0 Å². The quantitative estimate of drug-likeness (QED) is 0.832. The van der Waals surface area contributed by atoms with E-state index in [9.17, 15) is 0 Å². The molecule has 2 heterocycles. The van der Waals surface area contributed by atoms with Gasteiger partial charge in [0, 0.05) is 23.8 Å². The third-order valence-electron chi connectivity index (χ3n) is 1.98. The van der Waals surface area contributed by atoms with E-state index in [-0.39, 0.29) is 0 Å².